The molecule has 0 bridgehead atoms. The molecule has 1 amide bonds. The summed E-state index contributed by atoms with van der Waals surface area (Å²) in [4.78, 5) is 12.3. The van der Waals surface area contributed by atoms with Gasteiger partial charge in [0.15, 0.2) is 5.76 Å². The van der Waals surface area contributed by atoms with Crippen LogP contribution in [-0.4, -0.2) is 18.0 Å². The minimum Gasteiger partial charge on any atom is -0.485 e. The third-order valence-electron chi connectivity index (χ3n) is 4.69. The number of rotatable bonds is 5. The standard InChI is InChI=1S/C20H26N2O3/c1-13-3-9-18(14(2)11-13)24-12-17-8-10-19(25-17)20(23)22-16-6-4-15(21)5-7-16/h3,8-11,15-16H,4-7,12,21H2,1-2H3,(H,22,23). The molecular weight excluding hydrogens is 316 g/mol. The minimum absolute atomic E-state index is 0.168. The topological polar surface area (TPSA) is 77.5 Å². The van der Waals surface area contributed by atoms with Crippen molar-refractivity contribution in [3.63, 3.8) is 0 Å². The zero-order valence-electron chi connectivity index (χ0n) is 14.9. The van der Waals surface area contributed by atoms with Gasteiger partial charge in [-0.3, -0.25) is 4.79 Å². The van der Waals surface area contributed by atoms with E-state index >= 15 is 0 Å². The zero-order chi connectivity index (χ0) is 17.8. The molecule has 1 fully saturated rings. The molecule has 5 nitrogen and oxygen atoms in total. The van der Waals surface area contributed by atoms with Gasteiger partial charge in [0.05, 0.1) is 0 Å². The summed E-state index contributed by atoms with van der Waals surface area (Å²) in [6.07, 6.45) is 3.77. The van der Waals surface area contributed by atoms with Crippen molar-refractivity contribution in [2.45, 2.75) is 58.2 Å². The molecule has 1 saturated carbocycles. The number of nitrogens with one attached hydrogen (secondary N) is 1. The molecule has 1 aromatic heterocycles. The number of furan rings is 1. The Labute approximate surface area is 148 Å². The molecule has 1 aliphatic rings. The predicted molar refractivity (Wildman–Crippen MR) is 96.7 cm³/mol. The first-order valence-electron chi connectivity index (χ1n) is 8.86. The largest absolute Gasteiger partial charge is 0.485 e. The van der Waals surface area contributed by atoms with Crippen molar-refractivity contribution in [1.29, 1.82) is 0 Å². The number of ether oxygens (including phenoxy) is 1. The fourth-order valence-electron chi connectivity index (χ4n) is 3.21. The molecule has 0 spiro atoms. The van der Waals surface area contributed by atoms with Gasteiger partial charge in [0.25, 0.3) is 5.91 Å². The van der Waals surface area contributed by atoms with Gasteiger partial charge in [-0.05, 0) is 63.3 Å². The summed E-state index contributed by atoms with van der Waals surface area (Å²) >= 11 is 0. The number of carbonyl (C=O) groups excluding carboxylic acids is 1. The fourth-order valence-corrected chi connectivity index (χ4v) is 3.21. The second-order valence-electron chi connectivity index (χ2n) is 6.91. The van der Waals surface area contributed by atoms with Crippen LogP contribution < -0.4 is 15.8 Å². The van der Waals surface area contributed by atoms with Gasteiger partial charge in [0.1, 0.15) is 18.1 Å². The fraction of sp³-hybridized carbons (Fsp3) is 0.450. The van der Waals surface area contributed by atoms with Crippen molar-refractivity contribution < 1.29 is 13.9 Å². The first-order chi connectivity index (χ1) is 12.0. The van der Waals surface area contributed by atoms with Crippen LogP contribution in [0.5, 0.6) is 5.75 Å². The van der Waals surface area contributed by atoms with Crippen molar-refractivity contribution in [1.82, 2.24) is 5.32 Å². The van der Waals surface area contributed by atoms with E-state index in [4.69, 9.17) is 14.9 Å². The molecule has 1 heterocycles. The number of aryl methyl sites for hydroxylation is 2. The van der Waals surface area contributed by atoms with E-state index in [1.54, 1.807) is 12.1 Å². The van der Waals surface area contributed by atoms with Crippen LogP contribution in [0.3, 0.4) is 0 Å². The quantitative estimate of drug-likeness (QED) is 0.872. The maximum atomic E-state index is 12.3. The highest BCUT2D eigenvalue weighted by Crippen LogP contribution is 2.21. The van der Waals surface area contributed by atoms with E-state index in [2.05, 4.69) is 11.4 Å². The summed E-state index contributed by atoms with van der Waals surface area (Å²) in [5.74, 6) is 1.62. The smallest absolute Gasteiger partial charge is 0.287 e. The Kier molecular flexibility index (Phi) is 5.43. The summed E-state index contributed by atoms with van der Waals surface area (Å²) in [7, 11) is 0. The van der Waals surface area contributed by atoms with Crippen molar-refractivity contribution in [3.05, 3.63) is 53.0 Å². The minimum atomic E-state index is -0.168. The Bertz CT molecular complexity index is 730. The summed E-state index contributed by atoms with van der Waals surface area (Å²) in [5, 5.41) is 3.03. The Morgan fingerprint density at radius 2 is 1.96 bits per heavy atom. The number of carbonyl (C=O) groups is 1. The first-order valence-corrected chi connectivity index (χ1v) is 8.86. The van der Waals surface area contributed by atoms with Crippen molar-refractivity contribution in [3.8, 4) is 5.75 Å². The highest BCUT2D eigenvalue weighted by Gasteiger charge is 2.21. The first kappa shape index (κ1) is 17.5. The van der Waals surface area contributed by atoms with Crippen molar-refractivity contribution >= 4 is 5.91 Å². The molecule has 0 unspecified atom stereocenters. The Morgan fingerprint density at radius 1 is 1.20 bits per heavy atom. The molecule has 0 radical (unpaired) electrons. The molecule has 134 valence electrons. The van der Waals surface area contributed by atoms with Gasteiger partial charge in [-0.25, -0.2) is 0 Å². The highest BCUT2D eigenvalue weighted by atomic mass is 16.5. The third kappa shape index (κ3) is 4.63. The van der Waals surface area contributed by atoms with E-state index in [1.807, 2.05) is 26.0 Å². The second kappa shape index (κ2) is 7.74. The van der Waals surface area contributed by atoms with Crippen LogP contribution in [0.1, 0.15) is 53.1 Å². The molecule has 0 atom stereocenters. The van der Waals surface area contributed by atoms with E-state index < -0.39 is 0 Å². The molecule has 3 rings (SSSR count). The van der Waals surface area contributed by atoms with Crippen molar-refractivity contribution in [2.24, 2.45) is 5.73 Å². The molecule has 0 aliphatic heterocycles. The van der Waals surface area contributed by atoms with Crippen LogP contribution in [0.15, 0.2) is 34.7 Å². The maximum absolute atomic E-state index is 12.3. The number of hydrogen-bond donors (Lipinski definition) is 2. The molecule has 1 aliphatic carbocycles. The number of hydrogen-bond acceptors (Lipinski definition) is 4. The van der Waals surface area contributed by atoms with Crippen LogP contribution in [0.4, 0.5) is 0 Å². The molecule has 3 N–H and O–H groups in total. The summed E-state index contributed by atoms with van der Waals surface area (Å²) in [5.41, 5.74) is 8.18. The lowest BCUT2D eigenvalue weighted by atomic mass is 9.92. The van der Waals surface area contributed by atoms with Crippen LogP contribution >= 0.6 is 0 Å². The third-order valence-corrected chi connectivity index (χ3v) is 4.69. The normalized spacial score (nSPS) is 20.3. The van der Waals surface area contributed by atoms with Gasteiger partial charge in [-0.15, -0.1) is 0 Å². The summed E-state index contributed by atoms with van der Waals surface area (Å²) < 4.78 is 11.4. The van der Waals surface area contributed by atoms with E-state index in [0.717, 1.165) is 37.0 Å². The summed E-state index contributed by atoms with van der Waals surface area (Å²) in [6.45, 7) is 4.36. The highest BCUT2D eigenvalue weighted by molar-refractivity contribution is 5.91. The zero-order valence-corrected chi connectivity index (χ0v) is 14.9. The number of benzene rings is 1. The van der Waals surface area contributed by atoms with Gasteiger partial charge < -0.3 is 20.2 Å². The molecule has 5 heteroatoms. The van der Waals surface area contributed by atoms with Crippen LogP contribution in [-0.2, 0) is 6.61 Å². The van der Waals surface area contributed by atoms with E-state index in [1.165, 1.54) is 5.56 Å². The van der Waals surface area contributed by atoms with Crippen LogP contribution in [0.25, 0.3) is 0 Å². The number of nitrogens with two attached hydrogens (primary N) is 1. The van der Waals surface area contributed by atoms with Gasteiger partial charge in [-0.2, -0.15) is 0 Å². The van der Waals surface area contributed by atoms with E-state index in [9.17, 15) is 4.79 Å². The molecule has 2 aromatic rings. The van der Waals surface area contributed by atoms with Gasteiger partial charge in [-0.1, -0.05) is 17.7 Å². The SMILES string of the molecule is Cc1ccc(OCc2ccc(C(=O)NC3CCC(N)CC3)o2)c(C)c1. The Balaban J connectivity index is 1.54. The monoisotopic (exact) mass is 342 g/mol. The lowest BCUT2D eigenvalue weighted by molar-refractivity contribution is 0.0893. The van der Waals surface area contributed by atoms with E-state index in [-0.39, 0.29) is 18.0 Å². The maximum Gasteiger partial charge on any atom is 0.287 e. The molecule has 1 aromatic carbocycles. The lowest BCUT2D eigenvalue weighted by Gasteiger charge is -2.26. The Morgan fingerprint density at radius 3 is 2.68 bits per heavy atom. The Hall–Kier alpha value is -2.27. The van der Waals surface area contributed by atoms with Crippen LogP contribution in [0, 0.1) is 13.8 Å². The summed E-state index contributed by atoms with van der Waals surface area (Å²) in [6, 6.07) is 9.98. The van der Waals surface area contributed by atoms with Gasteiger partial charge in [0.2, 0.25) is 0 Å². The predicted octanol–water partition coefficient (Wildman–Crippen LogP) is 3.48. The van der Waals surface area contributed by atoms with E-state index in [0.29, 0.717) is 18.1 Å². The molecule has 25 heavy (non-hydrogen) atoms. The molecular formula is C20H26N2O3. The van der Waals surface area contributed by atoms with Crippen LogP contribution in [0.2, 0.25) is 0 Å². The van der Waals surface area contributed by atoms with Crippen molar-refractivity contribution in [2.75, 3.05) is 0 Å². The van der Waals surface area contributed by atoms with Gasteiger partial charge >= 0.3 is 0 Å². The second-order valence-corrected chi connectivity index (χ2v) is 6.91. The average molecular weight is 342 g/mol. The molecule has 0 saturated heterocycles. The average Bonchev–Trinajstić information content (AvgIpc) is 3.05. The lowest BCUT2D eigenvalue weighted by Crippen LogP contribution is -2.40. The number of amides is 1. The van der Waals surface area contributed by atoms with Gasteiger partial charge in [0, 0.05) is 12.1 Å².